The highest BCUT2D eigenvalue weighted by molar-refractivity contribution is 6.44. The van der Waals surface area contributed by atoms with Crippen molar-refractivity contribution in [2.24, 2.45) is 16.8 Å². The fraction of sp³-hybridized carbons (Fsp3) is 0.472. The monoisotopic (exact) mass is 627 g/mol. The van der Waals surface area contributed by atoms with Gasteiger partial charge in [0, 0.05) is 23.9 Å². The van der Waals surface area contributed by atoms with E-state index in [-0.39, 0.29) is 36.6 Å². The second-order valence-electron chi connectivity index (χ2n) is 11.9. The summed E-state index contributed by atoms with van der Waals surface area (Å²) in [7, 11) is 0. The van der Waals surface area contributed by atoms with E-state index in [1.165, 1.54) is 25.1 Å². The summed E-state index contributed by atoms with van der Waals surface area (Å²) >= 11 is 0. The minimum Gasteiger partial charge on any atom is -0.318 e. The number of nitrogens with one attached hydrogen (secondary N) is 1. The average molecular weight is 628 g/mol. The molecule has 0 aliphatic heterocycles. The van der Waals surface area contributed by atoms with E-state index in [0.717, 1.165) is 43.7 Å². The average Bonchev–Trinajstić information content (AvgIpc) is 3.84. The lowest BCUT2D eigenvalue weighted by molar-refractivity contribution is -0.114. The molecule has 1 aromatic carbocycles. The molecule has 0 bridgehead atoms. The summed E-state index contributed by atoms with van der Waals surface area (Å²) in [5, 5.41) is 2.49. The van der Waals surface area contributed by atoms with Crippen LogP contribution in [0.1, 0.15) is 90.7 Å². The third-order valence-electron chi connectivity index (χ3n) is 8.07. The van der Waals surface area contributed by atoms with Gasteiger partial charge in [-0.1, -0.05) is 70.7 Å². The number of benzene rings is 1. The van der Waals surface area contributed by atoms with Gasteiger partial charge in [0.15, 0.2) is 0 Å². The molecule has 0 spiro atoms. The van der Waals surface area contributed by atoms with Crippen molar-refractivity contribution in [3.63, 3.8) is 0 Å². The molecule has 2 unspecified atom stereocenters. The predicted octanol–water partition coefficient (Wildman–Crippen LogP) is 9.49. The Kier molecular flexibility index (Phi) is 13.6. The molecule has 3 rings (SSSR count). The van der Waals surface area contributed by atoms with Crippen LogP contribution in [0.3, 0.4) is 0 Å². The number of nitrogens with zero attached hydrogens (tertiary/aromatic N) is 2. The van der Waals surface area contributed by atoms with Crippen molar-refractivity contribution in [1.82, 2.24) is 9.88 Å². The van der Waals surface area contributed by atoms with Crippen molar-refractivity contribution >= 4 is 17.3 Å². The van der Waals surface area contributed by atoms with E-state index >= 15 is 4.39 Å². The second kappa shape index (κ2) is 17.1. The summed E-state index contributed by atoms with van der Waals surface area (Å²) in [5.74, 6) is -0.699. The first-order valence-corrected chi connectivity index (χ1v) is 15.9. The van der Waals surface area contributed by atoms with Crippen molar-refractivity contribution in [1.29, 1.82) is 0 Å². The Morgan fingerprint density at radius 3 is 2.53 bits per heavy atom. The molecule has 2 aromatic rings. The van der Waals surface area contributed by atoms with Crippen LogP contribution in [0.25, 0.3) is 0 Å². The Labute approximate surface area is 263 Å². The molecule has 45 heavy (non-hydrogen) atoms. The Balaban J connectivity index is 2.00. The van der Waals surface area contributed by atoms with Gasteiger partial charge >= 0.3 is 6.18 Å². The number of hydrogen-bond acceptors (Lipinski definition) is 3. The molecule has 2 atom stereocenters. The third-order valence-corrected chi connectivity index (χ3v) is 8.07. The fourth-order valence-electron chi connectivity index (χ4n) is 5.07. The van der Waals surface area contributed by atoms with Crippen LogP contribution in [0.4, 0.5) is 23.2 Å². The van der Waals surface area contributed by atoms with Crippen LogP contribution in [-0.2, 0) is 11.2 Å². The van der Waals surface area contributed by atoms with Gasteiger partial charge in [0.05, 0.1) is 11.4 Å². The van der Waals surface area contributed by atoms with Gasteiger partial charge in [0.2, 0.25) is 0 Å². The van der Waals surface area contributed by atoms with E-state index in [4.69, 9.17) is 0 Å². The number of pyridine rings is 1. The van der Waals surface area contributed by atoms with Gasteiger partial charge in [-0.05, 0) is 86.8 Å². The number of aliphatic imine (C=N–C) groups is 1. The molecule has 1 aromatic heterocycles. The van der Waals surface area contributed by atoms with Gasteiger partial charge in [-0.15, -0.1) is 0 Å². The summed E-state index contributed by atoms with van der Waals surface area (Å²) < 4.78 is 58.6. The number of allylic oxidation sites excluding steroid dienone is 4. The Bertz CT molecular complexity index is 1460. The molecule has 1 amide bonds. The number of carbonyl (C=O) groups is 1. The van der Waals surface area contributed by atoms with Gasteiger partial charge < -0.3 is 9.88 Å². The SMILES string of the molecule is CC=C(F)C(=CCC(CCC1CC1)n1ccccc1=O)NC(=O)C(/C=C(\CCC)C(F)(F)F)=Nc1cccc(CC(C)CC)c1. The van der Waals surface area contributed by atoms with Crippen LogP contribution >= 0.6 is 0 Å². The number of rotatable bonds is 16. The van der Waals surface area contributed by atoms with Crippen molar-refractivity contribution in [2.75, 3.05) is 0 Å². The van der Waals surface area contributed by atoms with Crippen molar-refractivity contribution in [3.8, 4) is 0 Å². The van der Waals surface area contributed by atoms with Crippen LogP contribution in [-0.4, -0.2) is 22.4 Å². The summed E-state index contributed by atoms with van der Waals surface area (Å²) in [6.45, 7) is 7.26. The molecule has 9 heteroatoms. The van der Waals surface area contributed by atoms with Gasteiger partial charge in [-0.3, -0.25) is 9.59 Å². The van der Waals surface area contributed by atoms with Crippen LogP contribution in [0.5, 0.6) is 0 Å². The lowest BCUT2D eigenvalue weighted by Gasteiger charge is -2.19. The molecular weight excluding hydrogens is 582 g/mol. The zero-order chi connectivity index (χ0) is 33.0. The van der Waals surface area contributed by atoms with E-state index in [0.29, 0.717) is 23.9 Å². The highest BCUT2D eigenvalue weighted by atomic mass is 19.4. The Hall–Kier alpha value is -3.75. The highest BCUT2D eigenvalue weighted by Crippen LogP contribution is 2.36. The zero-order valence-electron chi connectivity index (χ0n) is 26.7. The first-order valence-electron chi connectivity index (χ1n) is 15.9. The predicted molar refractivity (Wildman–Crippen MR) is 173 cm³/mol. The van der Waals surface area contributed by atoms with Crippen molar-refractivity contribution in [3.05, 3.63) is 99.9 Å². The molecule has 0 radical (unpaired) electrons. The summed E-state index contributed by atoms with van der Waals surface area (Å²) in [4.78, 5) is 30.6. The maximum absolute atomic E-state index is 15.2. The first-order chi connectivity index (χ1) is 21.4. The first kappa shape index (κ1) is 35.7. The van der Waals surface area contributed by atoms with Gasteiger partial charge in [0.25, 0.3) is 11.5 Å². The molecular formula is C36H45F4N3O2. The molecule has 0 saturated heterocycles. The standard InChI is InChI=1S/C36H45F4N3O2/c1-5-11-28(36(38,39)40)24-33(41-29-13-10-12-27(23-29)22-25(4)6-2)35(45)42-32(31(37)7-3)20-19-30(18-17-26-15-16-26)43-21-9-8-14-34(43)44/h7-10,12-14,20-21,23-26,30H,5-6,11,15-19,22H2,1-4H3,(H,42,45)/b28-24+,31-7?,32-20?,41-33?. The van der Waals surface area contributed by atoms with E-state index in [1.807, 2.05) is 6.07 Å². The molecule has 5 nitrogen and oxygen atoms in total. The van der Waals surface area contributed by atoms with E-state index in [1.54, 1.807) is 48.0 Å². The van der Waals surface area contributed by atoms with Gasteiger partial charge in [-0.2, -0.15) is 13.2 Å². The number of amides is 1. The molecule has 1 fully saturated rings. The van der Waals surface area contributed by atoms with E-state index in [9.17, 15) is 22.8 Å². The third kappa shape index (κ3) is 11.6. The minimum atomic E-state index is -4.67. The largest absolute Gasteiger partial charge is 0.412 e. The van der Waals surface area contributed by atoms with Crippen molar-refractivity contribution < 1.29 is 22.4 Å². The van der Waals surface area contributed by atoms with E-state index < -0.39 is 29.2 Å². The number of hydrogen-bond donors (Lipinski definition) is 1. The van der Waals surface area contributed by atoms with Crippen LogP contribution in [0, 0.1) is 11.8 Å². The maximum atomic E-state index is 15.2. The number of alkyl halides is 3. The number of carbonyl (C=O) groups excluding carboxylic acids is 1. The quantitative estimate of drug-likeness (QED) is 0.114. The van der Waals surface area contributed by atoms with Crippen molar-refractivity contribution in [2.45, 2.75) is 97.7 Å². The minimum absolute atomic E-state index is 0.182. The molecule has 1 N–H and O–H groups in total. The molecule has 1 saturated carbocycles. The smallest absolute Gasteiger partial charge is 0.318 e. The van der Waals surface area contributed by atoms with Crippen LogP contribution < -0.4 is 10.9 Å². The van der Waals surface area contributed by atoms with Gasteiger partial charge in [0.1, 0.15) is 11.5 Å². The summed E-state index contributed by atoms with van der Waals surface area (Å²) in [5.41, 5.74) is -0.456. The molecule has 244 valence electrons. The van der Waals surface area contributed by atoms with Crippen LogP contribution in [0.15, 0.2) is 93.8 Å². The maximum Gasteiger partial charge on any atom is 0.412 e. The molecule has 1 aliphatic carbocycles. The van der Waals surface area contributed by atoms with Gasteiger partial charge in [-0.25, -0.2) is 9.38 Å². The Morgan fingerprint density at radius 1 is 1.16 bits per heavy atom. The normalized spacial score (nSPS) is 16.4. The zero-order valence-corrected chi connectivity index (χ0v) is 26.7. The molecule has 1 aliphatic rings. The summed E-state index contributed by atoms with van der Waals surface area (Å²) in [6, 6.07) is 11.6. The number of aromatic nitrogens is 1. The topological polar surface area (TPSA) is 63.5 Å². The lowest BCUT2D eigenvalue weighted by atomic mass is 9.99. The second-order valence-corrected chi connectivity index (χ2v) is 11.9. The highest BCUT2D eigenvalue weighted by Gasteiger charge is 2.33. The lowest BCUT2D eigenvalue weighted by Crippen LogP contribution is -2.31. The van der Waals surface area contributed by atoms with E-state index in [2.05, 4.69) is 24.2 Å². The summed E-state index contributed by atoms with van der Waals surface area (Å²) in [6.07, 6.45) is 6.21. The molecule has 1 heterocycles. The number of halogens is 4. The van der Waals surface area contributed by atoms with Crippen LogP contribution in [0.2, 0.25) is 0 Å². The fourth-order valence-corrected chi connectivity index (χ4v) is 5.07. The Morgan fingerprint density at radius 2 is 1.91 bits per heavy atom.